The minimum atomic E-state index is -0.858. The standard InChI is InChI=1S/C16H20FNO3/c1-11-9-12(5-6-13(11)17)14(19)18-10-16(15(20)21)7-3-2-4-8-16/h5-6,9H,2-4,7-8,10H2,1H3,(H,18,19)(H,20,21). The number of hydrogen-bond acceptors (Lipinski definition) is 2. The van der Waals surface area contributed by atoms with Crippen LogP contribution in [0.5, 0.6) is 0 Å². The van der Waals surface area contributed by atoms with Crippen LogP contribution in [-0.4, -0.2) is 23.5 Å². The number of nitrogens with one attached hydrogen (secondary N) is 1. The molecule has 4 nitrogen and oxygen atoms in total. The average Bonchev–Trinajstić information content (AvgIpc) is 2.48. The molecule has 0 aliphatic heterocycles. The first-order valence-electron chi connectivity index (χ1n) is 7.22. The zero-order chi connectivity index (χ0) is 15.5. The third kappa shape index (κ3) is 3.40. The molecule has 2 N–H and O–H groups in total. The van der Waals surface area contributed by atoms with Gasteiger partial charge in [0.2, 0.25) is 0 Å². The molecule has 1 saturated carbocycles. The molecule has 1 amide bonds. The molecule has 1 aromatic carbocycles. The number of carboxylic acids is 1. The zero-order valence-electron chi connectivity index (χ0n) is 12.1. The van der Waals surface area contributed by atoms with Crippen molar-refractivity contribution in [3.05, 3.63) is 35.1 Å². The first-order valence-corrected chi connectivity index (χ1v) is 7.22. The van der Waals surface area contributed by atoms with Crippen LogP contribution in [0.15, 0.2) is 18.2 Å². The van der Waals surface area contributed by atoms with Gasteiger partial charge >= 0.3 is 5.97 Å². The fraction of sp³-hybridized carbons (Fsp3) is 0.500. The van der Waals surface area contributed by atoms with Gasteiger partial charge in [0.05, 0.1) is 5.41 Å². The highest BCUT2D eigenvalue weighted by molar-refractivity contribution is 5.94. The van der Waals surface area contributed by atoms with Crippen LogP contribution in [0.4, 0.5) is 4.39 Å². The van der Waals surface area contributed by atoms with E-state index in [1.165, 1.54) is 18.2 Å². The maximum atomic E-state index is 13.2. The number of carbonyl (C=O) groups is 2. The highest BCUT2D eigenvalue weighted by atomic mass is 19.1. The largest absolute Gasteiger partial charge is 0.481 e. The second-order valence-corrected chi connectivity index (χ2v) is 5.79. The van der Waals surface area contributed by atoms with Crippen molar-refractivity contribution in [2.24, 2.45) is 5.41 Å². The van der Waals surface area contributed by atoms with Gasteiger partial charge in [0.15, 0.2) is 0 Å². The van der Waals surface area contributed by atoms with E-state index in [2.05, 4.69) is 5.32 Å². The lowest BCUT2D eigenvalue weighted by Crippen LogP contribution is -2.44. The van der Waals surface area contributed by atoms with Crippen molar-refractivity contribution < 1.29 is 19.1 Å². The summed E-state index contributed by atoms with van der Waals surface area (Å²) in [6, 6.07) is 4.13. The Bertz CT molecular complexity index is 550. The Hall–Kier alpha value is -1.91. The van der Waals surface area contributed by atoms with E-state index in [1.807, 2.05) is 0 Å². The zero-order valence-corrected chi connectivity index (χ0v) is 12.1. The quantitative estimate of drug-likeness (QED) is 0.897. The topological polar surface area (TPSA) is 66.4 Å². The van der Waals surface area contributed by atoms with Gasteiger partial charge < -0.3 is 10.4 Å². The van der Waals surface area contributed by atoms with Gasteiger partial charge in [-0.1, -0.05) is 19.3 Å². The van der Waals surface area contributed by atoms with E-state index in [1.54, 1.807) is 6.92 Å². The maximum Gasteiger partial charge on any atom is 0.311 e. The van der Waals surface area contributed by atoms with E-state index in [-0.39, 0.29) is 18.3 Å². The first kappa shape index (κ1) is 15.5. The molecule has 21 heavy (non-hydrogen) atoms. The Morgan fingerprint density at radius 3 is 2.52 bits per heavy atom. The van der Waals surface area contributed by atoms with E-state index in [0.29, 0.717) is 24.0 Å². The van der Waals surface area contributed by atoms with Crippen LogP contribution in [0.2, 0.25) is 0 Å². The summed E-state index contributed by atoms with van der Waals surface area (Å²) in [5.41, 5.74) is -0.110. The van der Waals surface area contributed by atoms with Crippen molar-refractivity contribution in [3.8, 4) is 0 Å². The van der Waals surface area contributed by atoms with Crippen molar-refractivity contribution in [2.75, 3.05) is 6.54 Å². The number of carbonyl (C=O) groups excluding carboxylic acids is 1. The Balaban J connectivity index is 2.05. The normalized spacial score (nSPS) is 17.2. The van der Waals surface area contributed by atoms with Gasteiger partial charge in [0.1, 0.15) is 5.82 Å². The summed E-state index contributed by atoms with van der Waals surface area (Å²) in [5, 5.41) is 12.1. The molecule has 0 saturated heterocycles. The lowest BCUT2D eigenvalue weighted by atomic mass is 9.74. The van der Waals surface area contributed by atoms with Gasteiger partial charge in [0.25, 0.3) is 5.91 Å². The molecule has 1 fully saturated rings. The predicted octanol–water partition coefficient (Wildman–Crippen LogP) is 2.90. The predicted molar refractivity (Wildman–Crippen MR) is 76.6 cm³/mol. The monoisotopic (exact) mass is 293 g/mol. The van der Waals surface area contributed by atoms with Crippen molar-refractivity contribution in [1.29, 1.82) is 0 Å². The SMILES string of the molecule is Cc1cc(C(=O)NCC2(C(=O)O)CCCCC2)ccc1F. The minimum Gasteiger partial charge on any atom is -0.481 e. The lowest BCUT2D eigenvalue weighted by molar-refractivity contribution is -0.150. The third-order valence-electron chi connectivity index (χ3n) is 4.27. The molecule has 1 aliphatic carbocycles. The van der Waals surface area contributed by atoms with Crippen LogP contribution in [0.3, 0.4) is 0 Å². The average molecular weight is 293 g/mol. The Labute approximate surface area is 123 Å². The summed E-state index contributed by atoms with van der Waals surface area (Å²) >= 11 is 0. The molecular weight excluding hydrogens is 273 g/mol. The van der Waals surface area contributed by atoms with Crippen LogP contribution in [0.1, 0.15) is 48.0 Å². The van der Waals surface area contributed by atoms with E-state index in [9.17, 15) is 19.1 Å². The van der Waals surface area contributed by atoms with Crippen LogP contribution in [-0.2, 0) is 4.79 Å². The minimum absolute atomic E-state index is 0.123. The molecule has 0 aromatic heterocycles. The summed E-state index contributed by atoms with van der Waals surface area (Å²) in [7, 11) is 0. The maximum absolute atomic E-state index is 13.2. The van der Waals surface area contributed by atoms with E-state index < -0.39 is 11.4 Å². The van der Waals surface area contributed by atoms with Crippen molar-refractivity contribution >= 4 is 11.9 Å². The van der Waals surface area contributed by atoms with Crippen molar-refractivity contribution in [3.63, 3.8) is 0 Å². The molecule has 114 valence electrons. The number of aliphatic carboxylic acids is 1. The summed E-state index contributed by atoms with van der Waals surface area (Å²) in [5.74, 6) is -1.57. The molecule has 0 spiro atoms. The molecule has 0 bridgehead atoms. The molecule has 0 radical (unpaired) electrons. The van der Waals surface area contributed by atoms with E-state index in [0.717, 1.165) is 19.3 Å². The number of carboxylic acid groups (broad SMARTS) is 1. The smallest absolute Gasteiger partial charge is 0.311 e. The second kappa shape index (κ2) is 6.24. The van der Waals surface area contributed by atoms with Crippen molar-refractivity contribution in [2.45, 2.75) is 39.0 Å². The van der Waals surface area contributed by atoms with E-state index >= 15 is 0 Å². The third-order valence-corrected chi connectivity index (χ3v) is 4.27. The molecule has 5 heteroatoms. The van der Waals surface area contributed by atoms with Gasteiger partial charge in [-0.2, -0.15) is 0 Å². The van der Waals surface area contributed by atoms with Crippen molar-refractivity contribution in [1.82, 2.24) is 5.32 Å². The Morgan fingerprint density at radius 2 is 1.95 bits per heavy atom. The van der Waals surface area contributed by atoms with Gasteiger partial charge in [-0.25, -0.2) is 4.39 Å². The van der Waals surface area contributed by atoms with Gasteiger partial charge in [-0.15, -0.1) is 0 Å². The number of benzene rings is 1. The fourth-order valence-corrected chi connectivity index (χ4v) is 2.83. The van der Waals surface area contributed by atoms with Crippen LogP contribution < -0.4 is 5.32 Å². The van der Waals surface area contributed by atoms with Crippen LogP contribution in [0.25, 0.3) is 0 Å². The number of rotatable bonds is 4. The van der Waals surface area contributed by atoms with E-state index in [4.69, 9.17) is 0 Å². The number of amides is 1. The number of halogens is 1. The van der Waals surface area contributed by atoms with Crippen LogP contribution in [0, 0.1) is 18.2 Å². The Kier molecular flexibility index (Phi) is 4.60. The van der Waals surface area contributed by atoms with Gasteiger partial charge in [0, 0.05) is 12.1 Å². The summed E-state index contributed by atoms with van der Waals surface area (Å²) < 4.78 is 13.2. The summed E-state index contributed by atoms with van der Waals surface area (Å²) in [6.45, 7) is 1.71. The molecule has 1 aromatic rings. The lowest BCUT2D eigenvalue weighted by Gasteiger charge is -2.33. The highest BCUT2D eigenvalue weighted by Gasteiger charge is 2.39. The number of aryl methyl sites for hydroxylation is 1. The molecule has 0 unspecified atom stereocenters. The molecule has 0 atom stereocenters. The number of hydrogen-bond donors (Lipinski definition) is 2. The molecule has 1 aliphatic rings. The first-order chi connectivity index (χ1) is 9.94. The highest BCUT2D eigenvalue weighted by Crippen LogP contribution is 2.36. The van der Waals surface area contributed by atoms with Gasteiger partial charge in [-0.3, -0.25) is 9.59 Å². The molecule has 2 rings (SSSR count). The summed E-state index contributed by atoms with van der Waals surface area (Å²) in [4.78, 5) is 23.6. The Morgan fingerprint density at radius 1 is 1.29 bits per heavy atom. The second-order valence-electron chi connectivity index (χ2n) is 5.79. The van der Waals surface area contributed by atoms with Gasteiger partial charge in [-0.05, 0) is 43.5 Å². The summed E-state index contributed by atoms with van der Waals surface area (Å²) in [6.07, 6.45) is 3.96. The molecular formula is C16H20FNO3. The van der Waals surface area contributed by atoms with Crippen LogP contribution >= 0.6 is 0 Å². The fourth-order valence-electron chi connectivity index (χ4n) is 2.83. The molecule has 0 heterocycles.